The molecular formula is C25H37FN4O3. The average Bonchev–Trinajstić information content (AvgIpc) is 2.90. The van der Waals surface area contributed by atoms with E-state index in [0.717, 1.165) is 30.6 Å². The van der Waals surface area contributed by atoms with Gasteiger partial charge in [-0.3, -0.25) is 14.5 Å². The first-order valence-electron chi connectivity index (χ1n) is 11.8. The Morgan fingerprint density at radius 2 is 1.67 bits per heavy atom. The number of hydrogen-bond acceptors (Lipinski definition) is 4. The summed E-state index contributed by atoms with van der Waals surface area (Å²) in [5, 5.41) is 6.33. The Balaban J connectivity index is 1.81. The largest absolute Gasteiger partial charge is 0.338 e. The van der Waals surface area contributed by atoms with Crippen molar-refractivity contribution in [3.63, 3.8) is 0 Å². The number of carbonyl (C=O) groups is 3. The Morgan fingerprint density at radius 3 is 2.21 bits per heavy atom. The van der Waals surface area contributed by atoms with Crippen LogP contribution in [-0.2, 0) is 15.1 Å². The fourth-order valence-electron chi connectivity index (χ4n) is 5.37. The molecule has 2 aliphatic heterocycles. The first kappa shape index (κ1) is 25.1. The van der Waals surface area contributed by atoms with Gasteiger partial charge in [-0.05, 0) is 71.6 Å². The van der Waals surface area contributed by atoms with Gasteiger partial charge < -0.3 is 15.5 Å². The molecule has 1 aromatic carbocycles. The summed E-state index contributed by atoms with van der Waals surface area (Å²) in [5.41, 5.74) is -1.14. The van der Waals surface area contributed by atoms with Gasteiger partial charge in [0.2, 0.25) is 5.91 Å². The monoisotopic (exact) mass is 460 g/mol. The summed E-state index contributed by atoms with van der Waals surface area (Å²) in [4.78, 5) is 42.3. The number of nitrogens with zero attached hydrogens (tertiary/aromatic N) is 2. The van der Waals surface area contributed by atoms with Gasteiger partial charge in [0.05, 0.1) is 0 Å². The van der Waals surface area contributed by atoms with Crippen LogP contribution in [-0.4, -0.2) is 57.9 Å². The van der Waals surface area contributed by atoms with Crippen molar-refractivity contribution < 1.29 is 18.8 Å². The highest BCUT2D eigenvalue weighted by Crippen LogP contribution is 2.33. The van der Waals surface area contributed by atoms with Gasteiger partial charge >= 0.3 is 6.03 Å². The number of carbonyl (C=O) groups excluding carboxylic acids is 3. The molecule has 33 heavy (non-hydrogen) atoms. The number of halogens is 1. The third kappa shape index (κ3) is 5.37. The Kier molecular flexibility index (Phi) is 6.89. The van der Waals surface area contributed by atoms with Gasteiger partial charge in [-0.15, -0.1) is 0 Å². The second kappa shape index (κ2) is 9.05. The van der Waals surface area contributed by atoms with Gasteiger partial charge in [-0.25, -0.2) is 9.18 Å². The molecule has 1 unspecified atom stereocenters. The Labute approximate surface area is 196 Å². The molecule has 0 radical (unpaired) electrons. The molecule has 0 aliphatic carbocycles. The molecule has 1 atom stereocenters. The Hall–Kier alpha value is -2.48. The van der Waals surface area contributed by atoms with E-state index in [1.165, 1.54) is 24.3 Å². The number of hydrogen-bond donors (Lipinski definition) is 2. The van der Waals surface area contributed by atoms with E-state index < -0.39 is 23.3 Å². The van der Waals surface area contributed by atoms with E-state index in [9.17, 15) is 18.8 Å². The number of amides is 4. The van der Waals surface area contributed by atoms with Crippen molar-refractivity contribution in [3.8, 4) is 0 Å². The topological polar surface area (TPSA) is 81.8 Å². The molecule has 7 nitrogen and oxygen atoms in total. The minimum Gasteiger partial charge on any atom is -0.338 e. The van der Waals surface area contributed by atoms with Gasteiger partial charge in [0, 0.05) is 23.7 Å². The second-order valence-electron chi connectivity index (χ2n) is 10.8. The molecule has 2 N–H and O–H groups in total. The standard InChI is InChI=1S/C25H37FN4O3/c1-7-8-13-29(19-14-23(2,3)28-24(4,5)15-19)20(31)16-30-21(32)25(6,27-22(30)33)17-9-11-18(26)12-10-17/h9-12,19,28H,7-8,13-16H2,1-6H3,(H,27,33). The summed E-state index contributed by atoms with van der Waals surface area (Å²) in [6.45, 7) is 12.5. The molecule has 0 spiro atoms. The van der Waals surface area contributed by atoms with Gasteiger partial charge in [0.15, 0.2) is 0 Å². The molecule has 2 heterocycles. The Morgan fingerprint density at radius 1 is 1.09 bits per heavy atom. The predicted molar refractivity (Wildman–Crippen MR) is 125 cm³/mol. The van der Waals surface area contributed by atoms with E-state index in [0.29, 0.717) is 12.1 Å². The molecular weight excluding hydrogens is 423 g/mol. The molecule has 2 aliphatic rings. The van der Waals surface area contributed by atoms with Crippen LogP contribution in [0.15, 0.2) is 24.3 Å². The summed E-state index contributed by atoms with van der Waals surface area (Å²) < 4.78 is 13.4. The smallest absolute Gasteiger partial charge is 0.325 e. The van der Waals surface area contributed by atoms with Crippen molar-refractivity contribution in [3.05, 3.63) is 35.6 Å². The fraction of sp³-hybridized carbons (Fsp3) is 0.640. The highest BCUT2D eigenvalue weighted by molar-refractivity contribution is 6.09. The number of rotatable bonds is 7. The lowest BCUT2D eigenvalue weighted by Crippen LogP contribution is -2.63. The van der Waals surface area contributed by atoms with Crippen molar-refractivity contribution in [1.29, 1.82) is 0 Å². The SMILES string of the molecule is CCCCN(C(=O)CN1C(=O)NC(C)(c2ccc(F)cc2)C1=O)C1CC(C)(C)NC(C)(C)C1. The molecule has 0 saturated carbocycles. The lowest BCUT2D eigenvalue weighted by atomic mass is 9.79. The zero-order valence-electron chi connectivity index (χ0n) is 20.6. The summed E-state index contributed by atoms with van der Waals surface area (Å²) in [6, 6.07) is 4.86. The van der Waals surface area contributed by atoms with Crippen LogP contribution >= 0.6 is 0 Å². The van der Waals surface area contributed by atoms with Crippen molar-refractivity contribution in [1.82, 2.24) is 20.4 Å². The van der Waals surface area contributed by atoms with Crippen LogP contribution in [0.2, 0.25) is 0 Å². The van der Waals surface area contributed by atoms with Crippen molar-refractivity contribution >= 4 is 17.8 Å². The highest BCUT2D eigenvalue weighted by Gasteiger charge is 2.50. The maximum absolute atomic E-state index is 13.5. The minimum atomic E-state index is -1.34. The summed E-state index contributed by atoms with van der Waals surface area (Å²) in [5.74, 6) is -1.16. The first-order valence-corrected chi connectivity index (χ1v) is 11.8. The van der Waals surface area contributed by atoms with Crippen molar-refractivity contribution in [2.45, 2.75) is 89.9 Å². The molecule has 8 heteroatoms. The van der Waals surface area contributed by atoms with E-state index in [1.807, 2.05) is 4.90 Å². The Bertz CT molecular complexity index is 899. The molecule has 2 saturated heterocycles. The number of unbranched alkanes of at least 4 members (excludes halogenated alkanes) is 1. The van der Waals surface area contributed by atoms with Crippen LogP contribution < -0.4 is 10.6 Å². The zero-order valence-corrected chi connectivity index (χ0v) is 20.6. The highest BCUT2D eigenvalue weighted by atomic mass is 19.1. The molecule has 1 aromatic rings. The molecule has 4 amide bonds. The lowest BCUT2D eigenvalue weighted by Gasteiger charge is -2.49. The summed E-state index contributed by atoms with van der Waals surface area (Å²) >= 11 is 0. The van der Waals surface area contributed by atoms with Gasteiger partial charge in [0.1, 0.15) is 17.9 Å². The maximum atomic E-state index is 13.5. The number of benzene rings is 1. The van der Waals surface area contributed by atoms with Gasteiger partial charge in [0.25, 0.3) is 5.91 Å². The normalized spacial score (nSPS) is 24.6. The van der Waals surface area contributed by atoms with Crippen molar-refractivity contribution in [2.24, 2.45) is 0 Å². The summed E-state index contributed by atoms with van der Waals surface area (Å²) in [7, 11) is 0. The lowest BCUT2D eigenvalue weighted by molar-refractivity contribution is -0.141. The van der Waals surface area contributed by atoms with Crippen LogP contribution in [0.5, 0.6) is 0 Å². The van der Waals surface area contributed by atoms with Gasteiger partial charge in [-0.2, -0.15) is 0 Å². The molecule has 3 rings (SSSR count). The zero-order chi connectivity index (χ0) is 24.6. The number of piperidine rings is 1. The van der Waals surface area contributed by atoms with Crippen LogP contribution in [0.25, 0.3) is 0 Å². The second-order valence-corrected chi connectivity index (χ2v) is 10.8. The van der Waals surface area contributed by atoms with Crippen molar-refractivity contribution in [2.75, 3.05) is 13.1 Å². The molecule has 0 bridgehead atoms. The third-order valence-electron chi connectivity index (χ3n) is 6.67. The molecule has 2 fully saturated rings. The quantitative estimate of drug-likeness (QED) is 0.610. The number of urea groups is 1. The summed E-state index contributed by atoms with van der Waals surface area (Å²) in [6.07, 6.45) is 3.37. The predicted octanol–water partition coefficient (Wildman–Crippen LogP) is 3.53. The number of nitrogens with one attached hydrogen (secondary N) is 2. The fourth-order valence-corrected chi connectivity index (χ4v) is 5.37. The average molecular weight is 461 g/mol. The van der Waals surface area contributed by atoms with E-state index in [4.69, 9.17) is 0 Å². The maximum Gasteiger partial charge on any atom is 0.325 e. The van der Waals surface area contributed by atoms with Gasteiger partial charge in [-0.1, -0.05) is 25.5 Å². The minimum absolute atomic E-state index is 0.0135. The van der Waals surface area contributed by atoms with E-state index >= 15 is 0 Å². The molecule has 0 aromatic heterocycles. The van der Waals surface area contributed by atoms with Crippen LogP contribution in [0, 0.1) is 5.82 Å². The third-order valence-corrected chi connectivity index (χ3v) is 6.67. The number of imide groups is 1. The first-order chi connectivity index (χ1) is 15.3. The van der Waals surface area contributed by atoms with Crippen LogP contribution in [0.4, 0.5) is 9.18 Å². The van der Waals surface area contributed by atoms with E-state index in [2.05, 4.69) is 45.3 Å². The van der Waals surface area contributed by atoms with E-state index in [1.54, 1.807) is 6.92 Å². The van der Waals surface area contributed by atoms with E-state index in [-0.39, 0.29) is 29.6 Å². The van der Waals surface area contributed by atoms with Crippen LogP contribution in [0.3, 0.4) is 0 Å². The van der Waals surface area contributed by atoms with Crippen LogP contribution in [0.1, 0.15) is 72.8 Å². The molecule has 182 valence electrons.